The van der Waals surface area contributed by atoms with Crippen LogP contribution in [0.4, 0.5) is 0 Å². The fourth-order valence-electron chi connectivity index (χ4n) is 4.42. The highest BCUT2D eigenvalue weighted by Crippen LogP contribution is 2.28. The maximum atomic E-state index is 12.8. The lowest BCUT2D eigenvalue weighted by atomic mass is 9.98. The number of aromatic nitrogens is 1. The first-order valence-electron chi connectivity index (χ1n) is 9.99. The first-order chi connectivity index (χ1) is 12.7. The highest BCUT2D eigenvalue weighted by Gasteiger charge is 2.22. The number of carbonyl (C=O) groups excluding carboxylic acids is 1. The van der Waals surface area contributed by atoms with E-state index in [0.29, 0.717) is 0 Å². The topological polar surface area (TPSA) is 28.5 Å². The predicted molar refractivity (Wildman–Crippen MR) is 105 cm³/mol. The minimum Gasteiger partial charge on any atom is -0.336 e. The number of rotatable bonds is 3. The second kappa shape index (κ2) is 7.28. The standard InChI is InChI=1S/C22H29N3O/c1-3-23-12-14-24(15-13-23)22(26)18-8-10-20(11-9-18)25-17(2)16-19-6-4-5-7-21(19)25/h8-11,16H,3-7,12-15H2,1-2H3. The summed E-state index contributed by atoms with van der Waals surface area (Å²) >= 11 is 0. The van der Waals surface area contributed by atoms with Crippen molar-refractivity contribution in [2.75, 3.05) is 32.7 Å². The zero-order valence-electron chi connectivity index (χ0n) is 16.0. The van der Waals surface area contributed by atoms with Gasteiger partial charge in [-0.3, -0.25) is 4.79 Å². The molecule has 2 heterocycles. The number of hydrogen-bond donors (Lipinski definition) is 0. The van der Waals surface area contributed by atoms with Crippen LogP contribution < -0.4 is 0 Å². The number of carbonyl (C=O) groups is 1. The van der Waals surface area contributed by atoms with Crippen molar-refractivity contribution in [3.05, 3.63) is 52.8 Å². The molecule has 0 N–H and O–H groups in total. The van der Waals surface area contributed by atoms with Gasteiger partial charge in [-0.1, -0.05) is 6.92 Å². The summed E-state index contributed by atoms with van der Waals surface area (Å²) in [6, 6.07) is 10.5. The Bertz CT molecular complexity index is 782. The molecule has 1 aromatic carbocycles. The second-order valence-electron chi connectivity index (χ2n) is 7.57. The van der Waals surface area contributed by atoms with Crippen molar-refractivity contribution >= 4 is 5.91 Å². The van der Waals surface area contributed by atoms with Crippen molar-refractivity contribution in [1.82, 2.24) is 14.4 Å². The minimum absolute atomic E-state index is 0.165. The van der Waals surface area contributed by atoms with Crippen molar-refractivity contribution in [2.24, 2.45) is 0 Å². The van der Waals surface area contributed by atoms with Crippen LogP contribution in [0.2, 0.25) is 0 Å². The van der Waals surface area contributed by atoms with Gasteiger partial charge in [0.2, 0.25) is 0 Å². The first kappa shape index (κ1) is 17.3. The number of piperazine rings is 1. The Kier molecular flexibility index (Phi) is 4.86. The molecular weight excluding hydrogens is 322 g/mol. The molecule has 2 aromatic rings. The van der Waals surface area contributed by atoms with Crippen LogP contribution in [0.15, 0.2) is 30.3 Å². The Morgan fingerprint density at radius 3 is 2.38 bits per heavy atom. The van der Waals surface area contributed by atoms with Gasteiger partial charge in [-0.2, -0.15) is 0 Å². The van der Waals surface area contributed by atoms with E-state index in [1.807, 2.05) is 17.0 Å². The van der Waals surface area contributed by atoms with E-state index in [2.05, 4.69) is 41.5 Å². The molecule has 0 radical (unpaired) electrons. The van der Waals surface area contributed by atoms with E-state index in [1.165, 1.54) is 41.9 Å². The number of hydrogen-bond acceptors (Lipinski definition) is 2. The molecule has 1 amide bonds. The summed E-state index contributed by atoms with van der Waals surface area (Å²) in [6.07, 6.45) is 4.93. The lowest BCUT2D eigenvalue weighted by molar-refractivity contribution is 0.0643. The van der Waals surface area contributed by atoms with Crippen molar-refractivity contribution in [3.63, 3.8) is 0 Å². The van der Waals surface area contributed by atoms with Crippen LogP contribution in [-0.2, 0) is 12.8 Å². The molecule has 4 rings (SSSR count). The molecule has 1 fully saturated rings. The lowest BCUT2D eigenvalue weighted by Gasteiger charge is -2.34. The third kappa shape index (κ3) is 3.18. The molecule has 138 valence electrons. The molecule has 0 atom stereocenters. The number of benzene rings is 1. The summed E-state index contributed by atoms with van der Waals surface area (Å²) in [5.74, 6) is 0.165. The summed E-state index contributed by atoms with van der Waals surface area (Å²) in [6.45, 7) is 9.06. The fourth-order valence-corrected chi connectivity index (χ4v) is 4.42. The molecule has 0 bridgehead atoms. The average molecular weight is 351 g/mol. The van der Waals surface area contributed by atoms with Gasteiger partial charge in [0.15, 0.2) is 0 Å². The highest BCUT2D eigenvalue weighted by atomic mass is 16.2. The molecule has 1 aliphatic carbocycles. The largest absolute Gasteiger partial charge is 0.336 e. The Morgan fingerprint density at radius 2 is 1.69 bits per heavy atom. The van der Waals surface area contributed by atoms with E-state index in [0.717, 1.165) is 44.7 Å². The zero-order valence-corrected chi connectivity index (χ0v) is 16.0. The Labute approximate surface area is 156 Å². The smallest absolute Gasteiger partial charge is 0.253 e. The number of aryl methyl sites for hydroxylation is 2. The monoisotopic (exact) mass is 351 g/mol. The van der Waals surface area contributed by atoms with Gasteiger partial charge in [0.05, 0.1) is 0 Å². The maximum Gasteiger partial charge on any atom is 0.253 e. The van der Waals surface area contributed by atoms with Gasteiger partial charge < -0.3 is 14.4 Å². The Balaban J connectivity index is 1.53. The number of likely N-dealkylation sites (N-methyl/N-ethyl adjacent to an activating group) is 1. The van der Waals surface area contributed by atoms with Crippen LogP contribution in [0.5, 0.6) is 0 Å². The third-order valence-electron chi connectivity index (χ3n) is 5.97. The normalized spacial score (nSPS) is 18.0. The molecule has 4 heteroatoms. The molecule has 0 saturated carbocycles. The Morgan fingerprint density at radius 1 is 1.00 bits per heavy atom. The van der Waals surface area contributed by atoms with Gasteiger partial charge >= 0.3 is 0 Å². The summed E-state index contributed by atoms with van der Waals surface area (Å²) in [5, 5.41) is 0. The van der Waals surface area contributed by atoms with E-state index < -0.39 is 0 Å². The van der Waals surface area contributed by atoms with Crippen molar-refractivity contribution in [3.8, 4) is 5.69 Å². The van der Waals surface area contributed by atoms with E-state index in [4.69, 9.17) is 0 Å². The van der Waals surface area contributed by atoms with Gasteiger partial charge in [0, 0.05) is 48.8 Å². The van der Waals surface area contributed by atoms with Crippen molar-refractivity contribution in [1.29, 1.82) is 0 Å². The summed E-state index contributed by atoms with van der Waals surface area (Å²) in [7, 11) is 0. The van der Waals surface area contributed by atoms with E-state index in [9.17, 15) is 4.79 Å². The minimum atomic E-state index is 0.165. The van der Waals surface area contributed by atoms with Crippen LogP contribution in [0.25, 0.3) is 5.69 Å². The molecule has 0 unspecified atom stereocenters. The summed E-state index contributed by atoms with van der Waals surface area (Å²) < 4.78 is 2.38. The molecule has 2 aliphatic rings. The van der Waals surface area contributed by atoms with Gasteiger partial charge in [-0.15, -0.1) is 0 Å². The molecule has 4 nitrogen and oxygen atoms in total. The lowest BCUT2D eigenvalue weighted by Crippen LogP contribution is -2.48. The van der Waals surface area contributed by atoms with Crippen molar-refractivity contribution < 1.29 is 4.79 Å². The predicted octanol–water partition coefficient (Wildman–Crippen LogP) is 3.44. The molecule has 26 heavy (non-hydrogen) atoms. The summed E-state index contributed by atoms with van der Waals surface area (Å²) in [4.78, 5) is 17.2. The second-order valence-corrected chi connectivity index (χ2v) is 7.57. The molecule has 1 aliphatic heterocycles. The van der Waals surface area contributed by atoms with Crippen LogP contribution in [0.3, 0.4) is 0 Å². The SMILES string of the molecule is CCN1CCN(C(=O)c2ccc(-n3c(C)cc4c3CCCC4)cc2)CC1. The molecule has 1 aromatic heterocycles. The third-order valence-corrected chi connectivity index (χ3v) is 5.97. The van der Waals surface area contributed by atoms with Gasteiger partial charge in [-0.05, 0) is 75.0 Å². The van der Waals surface area contributed by atoms with Gasteiger partial charge in [0.1, 0.15) is 0 Å². The molecule has 0 spiro atoms. The molecule has 1 saturated heterocycles. The van der Waals surface area contributed by atoms with E-state index in [1.54, 1.807) is 0 Å². The maximum absolute atomic E-state index is 12.8. The van der Waals surface area contributed by atoms with Crippen LogP contribution in [-0.4, -0.2) is 53.0 Å². The molecular formula is C22H29N3O. The fraction of sp³-hybridized carbons (Fsp3) is 0.500. The van der Waals surface area contributed by atoms with Crippen LogP contribution in [0.1, 0.15) is 47.1 Å². The average Bonchev–Trinajstić information content (AvgIpc) is 3.03. The Hall–Kier alpha value is -2.07. The highest BCUT2D eigenvalue weighted by molar-refractivity contribution is 5.94. The van der Waals surface area contributed by atoms with Crippen LogP contribution in [0, 0.1) is 6.92 Å². The van der Waals surface area contributed by atoms with E-state index in [-0.39, 0.29) is 5.91 Å². The zero-order chi connectivity index (χ0) is 18.1. The van der Waals surface area contributed by atoms with E-state index >= 15 is 0 Å². The van der Waals surface area contributed by atoms with Crippen LogP contribution >= 0.6 is 0 Å². The van der Waals surface area contributed by atoms with Gasteiger partial charge in [0.25, 0.3) is 5.91 Å². The first-order valence-corrected chi connectivity index (χ1v) is 9.99. The number of fused-ring (bicyclic) bond motifs is 1. The number of amides is 1. The van der Waals surface area contributed by atoms with Crippen molar-refractivity contribution in [2.45, 2.75) is 39.5 Å². The van der Waals surface area contributed by atoms with Gasteiger partial charge in [-0.25, -0.2) is 0 Å². The quantitative estimate of drug-likeness (QED) is 0.847. The number of nitrogens with zero attached hydrogens (tertiary/aromatic N) is 3. The summed E-state index contributed by atoms with van der Waals surface area (Å²) in [5.41, 5.74) is 6.24.